The fraction of sp³-hybridized carbons (Fsp3) is 0.207. The Labute approximate surface area is 225 Å². The number of aliphatic hydroxyl groups excluding tert-OH is 1. The number of carboxylic acids is 1. The molecular formula is C29H27N5O5. The molecule has 0 fully saturated rings. The van der Waals surface area contributed by atoms with Crippen molar-refractivity contribution in [2.45, 2.75) is 32.7 Å². The van der Waals surface area contributed by atoms with Crippen molar-refractivity contribution in [1.82, 2.24) is 20.3 Å². The van der Waals surface area contributed by atoms with Crippen LogP contribution in [0.15, 0.2) is 72.8 Å². The summed E-state index contributed by atoms with van der Waals surface area (Å²) in [6, 6.07) is 23.8. The lowest BCUT2D eigenvalue weighted by molar-refractivity contribution is -0.140. The van der Waals surface area contributed by atoms with E-state index in [4.69, 9.17) is 14.7 Å². The molecule has 4 aromatic rings. The highest BCUT2D eigenvalue weighted by atomic mass is 16.5. The molecule has 39 heavy (non-hydrogen) atoms. The van der Waals surface area contributed by atoms with Gasteiger partial charge in [0.2, 0.25) is 0 Å². The molecule has 0 spiro atoms. The molecule has 0 aliphatic carbocycles. The summed E-state index contributed by atoms with van der Waals surface area (Å²) in [6.45, 7) is 1.63. The quantitative estimate of drug-likeness (QED) is 0.251. The Morgan fingerprint density at radius 3 is 2.38 bits per heavy atom. The van der Waals surface area contributed by atoms with Gasteiger partial charge in [-0.25, -0.2) is 0 Å². The Bertz CT molecular complexity index is 1470. The van der Waals surface area contributed by atoms with E-state index in [9.17, 15) is 15.0 Å². The number of rotatable bonds is 12. The molecule has 0 aliphatic rings. The minimum atomic E-state index is -1.20. The number of aliphatic hydroxyl groups is 1. The second kappa shape index (κ2) is 13.1. The van der Waals surface area contributed by atoms with E-state index in [2.05, 4.69) is 26.3 Å². The number of nitrogens with one attached hydrogen (secondary N) is 1. The number of aromatic nitrogens is 3. The van der Waals surface area contributed by atoms with Crippen molar-refractivity contribution in [1.29, 1.82) is 5.26 Å². The zero-order chi connectivity index (χ0) is 27.6. The van der Waals surface area contributed by atoms with E-state index in [0.29, 0.717) is 5.56 Å². The topological polar surface area (TPSA) is 150 Å². The van der Waals surface area contributed by atoms with Crippen molar-refractivity contribution >= 4 is 5.97 Å². The fourth-order valence-electron chi connectivity index (χ4n) is 3.82. The van der Waals surface area contributed by atoms with Gasteiger partial charge in [0.15, 0.2) is 5.82 Å². The molecule has 3 aromatic carbocycles. The van der Waals surface area contributed by atoms with Crippen LogP contribution in [-0.2, 0) is 24.6 Å². The van der Waals surface area contributed by atoms with Gasteiger partial charge in [-0.2, -0.15) is 15.2 Å². The van der Waals surface area contributed by atoms with Gasteiger partial charge in [0, 0.05) is 0 Å². The molecule has 1 heterocycles. The summed E-state index contributed by atoms with van der Waals surface area (Å²) in [5, 5.41) is 30.3. The van der Waals surface area contributed by atoms with E-state index in [-0.39, 0.29) is 37.6 Å². The SMILES string of the molecule is Cc1c(COc2nc(CNC(CO)C(=O)O)nc(OCc3cccc(C#N)c3)n2)cccc1-c1ccccc1. The summed E-state index contributed by atoms with van der Waals surface area (Å²) in [5.41, 5.74) is 5.43. The van der Waals surface area contributed by atoms with Crippen LogP contribution >= 0.6 is 0 Å². The second-order valence-electron chi connectivity index (χ2n) is 8.62. The molecule has 0 saturated carbocycles. The van der Waals surface area contributed by atoms with Crippen molar-refractivity contribution in [3.63, 3.8) is 0 Å². The first-order chi connectivity index (χ1) is 19.0. The summed E-state index contributed by atoms with van der Waals surface area (Å²) in [4.78, 5) is 24.1. The monoisotopic (exact) mass is 525 g/mol. The van der Waals surface area contributed by atoms with E-state index < -0.39 is 18.6 Å². The molecule has 0 bridgehead atoms. The van der Waals surface area contributed by atoms with E-state index in [1.165, 1.54) is 0 Å². The molecule has 0 saturated heterocycles. The fourth-order valence-corrected chi connectivity index (χ4v) is 3.82. The number of nitriles is 1. The zero-order valence-electron chi connectivity index (χ0n) is 21.2. The molecule has 10 nitrogen and oxygen atoms in total. The average Bonchev–Trinajstić information content (AvgIpc) is 2.96. The summed E-state index contributed by atoms with van der Waals surface area (Å²) in [5.74, 6) is -1.03. The number of benzene rings is 3. The predicted octanol–water partition coefficient (Wildman–Crippen LogP) is 3.41. The highest BCUT2D eigenvalue weighted by molar-refractivity contribution is 5.73. The van der Waals surface area contributed by atoms with Gasteiger partial charge in [-0.1, -0.05) is 60.7 Å². The minimum Gasteiger partial charge on any atom is -0.480 e. The summed E-state index contributed by atoms with van der Waals surface area (Å²) in [6.07, 6.45) is 0. The molecule has 0 radical (unpaired) electrons. The third-order valence-electron chi connectivity index (χ3n) is 5.94. The van der Waals surface area contributed by atoms with E-state index in [0.717, 1.165) is 27.8 Å². The number of aliphatic carboxylic acids is 1. The Morgan fingerprint density at radius 2 is 1.69 bits per heavy atom. The van der Waals surface area contributed by atoms with Crippen LogP contribution in [0.4, 0.5) is 0 Å². The minimum absolute atomic E-state index is 0.00274. The normalized spacial score (nSPS) is 11.4. The number of hydrogen-bond donors (Lipinski definition) is 3. The summed E-state index contributed by atoms with van der Waals surface area (Å²) in [7, 11) is 0. The van der Waals surface area contributed by atoms with Gasteiger partial charge in [0.25, 0.3) is 0 Å². The Morgan fingerprint density at radius 1 is 0.974 bits per heavy atom. The molecule has 4 rings (SSSR count). The number of nitrogens with zero attached hydrogens (tertiary/aromatic N) is 4. The van der Waals surface area contributed by atoms with E-state index in [1.54, 1.807) is 18.2 Å². The lowest BCUT2D eigenvalue weighted by Gasteiger charge is -2.14. The van der Waals surface area contributed by atoms with Crippen LogP contribution in [0.2, 0.25) is 0 Å². The maximum Gasteiger partial charge on any atom is 0.323 e. The maximum atomic E-state index is 11.3. The van der Waals surface area contributed by atoms with Crippen molar-refractivity contribution in [3.8, 4) is 29.2 Å². The zero-order valence-corrected chi connectivity index (χ0v) is 21.2. The van der Waals surface area contributed by atoms with E-state index in [1.807, 2.05) is 61.5 Å². The molecular weight excluding hydrogens is 498 g/mol. The van der Waals surface area contributed by atoms with Crippen LogP contribution in [0.3, 0.4) is 0 Å². The average molecular weight is 526 g/mol. The number of hydrogen-bond acceptors (Lipinski definition) is 9. The van der Waals surface area contributed by atoms with Crippen LogP contribution in [0.5, 0.6) is 12.0 Å². The van der Waals surface area contributed by atoms with E-state index >= 15 is 0 Å². The van der Waals surface area contributed by atoms with Gasteiger partial charge in [0.05, 0.1) is 24.8 Å². The van der Waals surface area contributed by atoms with Gasteiger partial charge >= 0.3 is 18.0 Å². The van der Waals surface area contributed by atoms with Crippen molar-refractivity contribution < 1.29 is 24.5 Å². The molecule has 1 unspecified atom stereocenters. The Hall–Kier alpha value is -4.85. The van der Waals surface area contributed by atoms with Crippen LogP contribution in [0, 0.1) is 18.3 Å². The number of carboxylic acid groups (broad SMARTS) is 1. The number of ether oxygens (including phenoxy) is 2. The van der Waals surface area contributed by atoms with Crippen LogP contribution < -0.4 is 14.8 Å². The summed E-state index contributed by atoms with van der Waals surface area (Å²) >= 11 is 0. The van der Waals surface area contributed by atoms with Gasteiger partial charge in [-0.3, -0.25) is 10.1 Å². The van der Waals surface area contributed by atoms with Crippen molar-refractivity contribution in [3.05, 3.63) is 101 Å². The van der Waals surface area contributed by atoms with Crippen molar-refractivity contribution in [2.75, 3.05) is 6.61 Å². The van der Waals surface area contributed by atoms with Crippen LogP contribution in [0.25, 0.3) is 11.1 Å². The summed E-state index contributed by atoms with van der Waals surface area (Å²) < 4.78 is 11.7. The van der Waals surface area contributed by atoms with Crippen LogP contribution in [-0.4, -0.2) is 43.8 Å². The Kier molecular flexibility index (Phi) is 9.13. The van der Waals surface area contributed by atoms with Crippen LogP contribution in [0.1, 0.15) is 28.1 Å². The standard InChI is InChI=1S/C29H27N5O5/c1-19-23(11-6-12-24(19)22-9-3-2-4-10-22)18-39-29-33-26(15-31-25(16-35)27(36)37)32-28(34-29)38-17-21-8-5-7-20(13-21)14-30/h2-13,25,31,35H,15-18H2,1H3,(H,36,37). The highest BCUT2D eigenvalue weighted by Crippen LogP contribution is 2.26. The predicted molar refractivity (Wildman–Crippen MR) is 142 cm³/mol. The molecule has 198 valence electrons. The molecule has 0 amide bonds. The molecule has 1 aromatic heterocycles. The molecule has 3 N–H and O–H groups in total. The lowest BCUT2D eigenvalue weighted by atomic mass is 9.97. The third-order valence-corrected chi connectivity index (χ3v) is 5.94. The second-order valence-corrected chi connectivity index (χ2v) is 8.62. The maximum absolute atomic E-state index is 11.3. The first-order valence-corrected chi connectivity index (χ1v) is 12.2. The third kappa shape index (κ3) is 7.35. The largest absolute Gasteiger partial charge is 0.480 e. The van der Waals surface area contributed by atoms with Crippen molar-refractivity contribution in [2.24, 2.45) is 0 Å². The first kappa shape index (κ1) is 27.2. The highest BCUT2D eigenvalue weighted by Gasteiger charge is 2.17. The molecule has 0 aliphatic heterocycles. The van der Waals surface area contributed by atoms with Gasteiger partial charge in [-0.15, -0.1) is 4.98 Å². The van der Waals surface area contributed by atoms with Gasteiger partial charge in [0.1, 0.15) is 19.3 Å². The molecule has 10 heteroatoms. The smallest absolute Gasteiger partial charge is 0.323 e. The Balaban J connectivity index is 1.54. The first-order valence-electron chi connectivity index (χ1n) is 12.2. The van der Waals surface area contributed by atoms with Gasteiger partial charge < -0.3 is 19.7 Å². The number of carbonyl (C=O) groups is 1. The van der Waals surface area contributed by atoms with Gasteiger partial charge in [-0.05, 0) is 46.9 Å². The molecule has 1 atom stereocenters. The lowest BCUT2D eigenvalue weighted by Crippen LogP contribution is -2.39.